The molecule has 57 heavy (non-hydrogen) atoms. The van der Waals surface area contributed by atoms with Crippen LogP contribution in [0.2, 0.25) is 0 Å². The first-order valence-electron chi connectivity index (χ1n) is 19.6. The molecule has 0 fully saturated rings. The smallest absolute Gasteiger partial charge is 0.0973 e. The number of aromatic nitrogens is 2. The molecule has 1 heterocycles. The fourth-order valence-electron chi connectivity index (χ4n) is 7.65. The predicted molar refractivity (Wildman–Crippen MR) is 240 cm³/mol. The molecule has 0 radical (unpaired) electrons. The molecule has 9 aromatic rings. The van der Waals surface area contributed by atoms with Crippen LogP contribution < -0.4 is 10.2 Å². The molecule has 0 aliphatic heterocycles. The van der Waals surface area contributed by atoms with E-state index in [2.05, 4.69) is 200 Å². The molecule has 274 valence electrons. The van der Waals surface area contributed by atoms with Gasteiger partial charge in [0.25, 0.3) is 0 Å². The van der Waals surface area contributed by atoms with Crippen LogP contribution in [0.4, 0.5) is 28.4 Å². The van der Waals surface area contributed by atoms with Gasteiger partial charge in [-0.1, -0.05) is 134 Å². The van der Waals surface area contributed by atoms with Crippen molar-refractivity contribution in [2.24, 2.45) is 0 Å². The van der Waals surface area contributed by atoms with Crippen LogP contribution in [-0.2, 0) is 6.42 Å². The molecular weight excluding hydrogens is 693 g/mol. The summed E-state index contributed by atoms with van der Waals surface area (Å²) in [6.07, 6.45) is 0.980. The summed E-state index contributed by atoms with van der Waals surface area (Å²) in [5.41, 5.74) is 18.1. The number of para-hydroxylation sites is 3. The van der Waals surface area contributed by atoms with Crippen LogP contribution in [0.1, 0.15) is 18.1 Å². The Morgan fingerprint density at radius 2 is 0.982 bits per heavy atom. The van der Waals surface area contributed by atoms with Crippen LogP contribution in [0, 0.1) is 6.92 Å². The topological polar surface area (TPSA) is 41.1 Å². The Kier molecular flexibility index (Phi) is 9.82. The molecule has 0 aliphatic rings. The van der Waals surface area contributed by atoms with E-state index < -0.39 is 0 Å². The number of hydrogen-bond donors (Lipinski definition) is 1. The molecular formula is C53H42N4. The Hall–Kier alpha value is -7.30. The molecule has 4 nitrogen and oxygen atoms in total. The monoisotopic (exact) mass is 734 g/mol. The van der Waals surface area contributed by atoms with Gasteiger partial charge in [0.05, 0.1) is 22.4 Å². The van der Waals surface area contributed by atoms with Crippen LogP contribution in [0.5, 0.6) is 0 Å². The molecule has 0 spiro atoms. The fraction of sp³-hybridized carbons (Fsp3) is 0.0566. The van der Waals surface area contributed by atoms with Crippen molar-refractivity contribution in [1.29, 1.82) is 0 Å². The van der Waals surface area contributed by atoms with Crippen LogP contribution in [0.3, 0.4) is 0 Å². The second-order valence-corrected chi connectivity index (χ2v) is 14.3. The van der Waals surface area contributed by atoms with E-state index in [1.54, 1.807) is 0 Å². The van der Waals surface area contributed by atoms with Gasteiger partial charge in [-0.3, -0.25) is 0 Å². The number of anilines is 5. The number of fused-ring (bicyclic) bond motifs is 1. The second-order valence-electron chi connectivity index (χ2n) is 14.3. The number of rotatable bonds is 10. The Morgan fingerprint density at radius 3 is 1.70 bits per heavy atom. The molecule has 1 N–H and O–H groups in total. The molecule has 0 amide bonds. The SMILES string of the molecule is CCc1ccccc1-c1cc(-c2cccc3nc(-c4ccc(N(c5ccccc5)c5ccc(Nc6ccccc6)cc5)cc4)c(-c4ccccc4)nc23)ccc1C. The summed E-state index contributed by atoms with van der Waals surface area (Å²) in [5, 5.41) is 3.50. The summed E-state index contributed by atoms with van der Waals surface area (Å²) < 4.78 is 0. The zero-order valence-electron chi connectivity index (χ0n) is 32.1. The van der Waals surface area contributed by atoms with Gasteiger partial charge in [0.1, 0.15) is 0 Å². The molecule has 8 aromatic carbocycles. The van der Waals surface area contributed by atoms with Crippen LogP contribution >= 0.6 is 0 Å². The Morgan fingerprint density at radius 1 is 0.439 bits per heavy atom. The molecule has 0 saturated heterocycles. The van der Waals surface area contributed by atoms with Crippen molar-refractivity contribution in [3.8, 4) is 44.8 Å². The van der Waals surface area contributed by atoms with Gasteiger partial charge in [-0.25, -0.2) is 9.97 Å². The molecule has 0 bridgehead atoms. The highest BCUT2D eigenvalue weighted by Crippen LogP contribution is 2.40. The van der Waals surface area contributed by atoms with E-state index in [0.717, 1.165) is 79.5 Å². The summed E-state index contributed by atoms with van der Waals surface area (Å²) in [4.78, 5) is 13.1. The quantitative estimate of drug-likeness (QED) is 0.152. The maximum Gasteiger partial charge on any atom is 0.0973 e. The highest BCUT2D eigenvalue weighted by Gasteiger charge is 2.18. The second kappa shape index (κ2) is 15.8. The fourth-order valence-corrected chi connectivity index (χ4v) is 7.65. The zero-order valence-corrected chi connectivity index (χ0v) is 32.1. The Labute approximate surface area is 334 Å². The van der Waals surface area contributed by atoms with Gasteiger partial charge in [-0.15, -0.1) is 0 Å². The van der Waals surface area contributed by atoms with Crippen LogP contribution in [0.15, 0.2) is 200 Å². The highest BCUT2D eigenvalue weighted by atomic mass is 15.1. The van der Waals surface area contributed by atoms with E-state index in [0.29, 0.717) is 0 Å². The average molecular weight is 735 g/mol. The van der Waals surface area contributed by atoms with Crippen molar-refractivity contribution in [2.75, 3.05) is 10.2 Å². The van der Waals surface area contributed by atoms with Crippen molar-refractivity contribution in [3.63, 3.8) is 0 Å². The lowest BCUT2D eigenvalue weighted by atomic mass is 9.91. The largest absolute Gasteiger partial charge is 0.356 e. The van der Waals surface area contributed by atoms with Gasteiger partial charge < -0.3 is 10.2 Å². The standard InChI is InChI=1S/C53H42N4/c1-3-38-16-13-14-23-47(38)49-36-41(27-26-37(49)2)48-24-15-25-50-53(48)56-52(39-17-7-4-8-18-39)51(55-50)40-28-32-45(33-29-40)57(44-21-11-6-12-22-44)46-34-30-43(31-35-46)54-42-19-9-5-10-20-42/h4-36,54H,3H2,1-2H3. The molecule has 9 rings (SSSR count). The van der Waals surface area contributed by atoms with Crippen molar-refractivity contribution in [3.05, 3.63) is 211 Å². The lowest BCUT2D eigenvalue weighted by molar-refractivity contribution is 1.14. The van der Waals surface area contributed by atoms with E-state index in [1.165, 1.54) is 22.3 Å². The zero-order chi connectivity index (χ0) is 38.6. The van der Waals surface area contributed by atoms with E-state index in [1.807, 2.05) is 24.3 Å². The van der Waals surface area contributed by atoms with Crippen LogP contribution in [0.25, 0.3) is 55.8 Å². The lowest BCUT2D eigenvalue weighted by Gasteiger charge is -2.26. The molecule has 0 atom stereocenters. The van der Waals surface area contributed by atoms with Gasteiger partial charge >= 0.3 is 0 Å². The Balaban J connectivity index is 1.12. The third-order valence-corrected chi connectivity index (χ3v) is 10.6. The summed E-state index contributed by atoms with van der Waals surface area (Å²) in [6, 6.07) is 70.2. The first-order chi connectivity index (χ1) is 28.1. The highest BCUT2D eigenvalue weighted by molar-refractivity contribution is 5.96. The van der Waals surface area contributed by atoms with E-state index in [4.69, 9.17) is 9.97 Å². The number of nitrogens with zero attached hydrogens (tertiary/aromatic N) is 3. The minimum absolute atomic E-state index is 0.849. The van der Waals surface area contributed by atoms with E-state index in [9.17, 15) is 0 Å². The average Bonchev–Trinajstić information content (AvgIpc) is 3.28. The number of benzene rings is 8. The van der Waals surface area contributed by atoms with E-state index >= 15 is 0 Å². The van der Waals surface area contributed by atoms with Gasteiger partial charge in [0.2, 0.25) is 0 Å². The molecule has 4 heteroatoms. The van der Waals surface area contributed by atoms with Crippen molar-refractivity contribution in [2.45, 2.75) is 20.3 Å². The van der Waals surface area contributed by atoms with Gasteiger partial charge in [0, 0.05) is 45.1 Å². The third-order valence-electron chi connectivity index (χ3n) is 10.6. The summed E-state index contributed by atoms with van der Waals surface area (Å²) in [6.45, 7) is 4.41. The summed E-state index contributed by atoms with van der Waals surface area (Å²) >= 11 is 0. The first-order valence-corrected chi connectivity index (χ1v) is 19.6. The minimum Gasteiger partial charge on any atom is -0.356 e. The van der Waals surface area contributed by atoms with Crippen molar-refractivity contribution in [1.82, 2.24) is 9.97 Å². The van der Waals surface area contributed by atoms with Gasteiger partial charge in [-0.2, -0.15) is 0 Å². The molecule has 0 unspecified atom stereocenters. The predicted octanol–water partition coefficient (Wildman–Crippen LogP) is 14.4. The molecule has 1 aromatic heterocycles. The number of nitrogens with one attached hydrogen (secondary N) is 1. The Bertz CT molecular complexity index is 2780. The molecule has 0 aliphatic carbocycles. The normalized spacial score (nSPS) is 11.1. The van der Waals surface area contributed by atoms with Crippen molar-refractivity contribution < 1.29 is 0 Å². The van der Waals surface area contributed by atoms with Gasteiger partial charge in [0.15, 0.2) is 0 Å². The van der Waals surface area contributed by atoms with Crippen molar-refractivity contribution >= 4 is 39.5 Å². The first kappa shape index (κ1) is 35.4. The molecule has 0 saturated carbocycles. The summed E-state index contributed by atoms with van der Waals surface area (Å²) in [7, 11) is 0. The number of aryl methyl sites for hydroxylation is 2. The summed E-state index contributed by atoms with van der Waals surface area (Å²) in [5.74, 6) is 0. The lowest BCUT2D eigenvalue weighted by Crippen LogP contribution is -2.09. The van der Waals surface area contributed by atoms with Gasteiger partial charge in [-0.05, 0) is 114 Å². The maximum absolute atomic E-state index is 5.47. The maximum atomic E-state index is 5.47. The van der Waals surface area contributed by atoms with Crippen LogP contribution in [-0.4, -0.2) is 9.97 Å². The minimum atomic E-state index is 0.849. The van der Waals surface area contributed by atoms with E-state index in [-0.39, 0.29) is 0 Å². The third kappa shape index (κ3) is 7.29. The number of hydrogen-bond acceptors (Lipinski definition) is 4.